The monoisotopic (exact) mass is 307 g/mol. The number of thiophene rings is 1. The molecule has 2 rings (SSSR count). The number of rotatable bonds is 6. The molecule has 0 aliphatic heterocycles. The fourth-order valence-electron chi connectivity index (χ4n) is 2.28. The number of hydrogen-bond acceptors (Lipinski definition) is 4. The van der Waals surface area contributed by atoms with E-state index < -0.39 is 0 Å². The number of hydrogen-bond donors (Lipinski definition) is 1. The average molecular weight is 307 g/mol. The Morgan fingerprint density at radius 1 is 1.38 bits per heavy atom. The van der Waals surface area contributed by atoms with Crippen molar-refractivity contribution >= 4 is 23.2 Å². The highest BCUT2D eigenvalue weighted by Gasteiger charge is 2.19. The third-order valence-corrected chi connectivity index (χ3v) is 4.46. The highest BCUT2D eigenvalue weighted by molar-refractivity contribution is 7.08. The van der Waals surface area contributed by atoms with Crippen molar-refractivity contribution in [2.24, 2.45) is 11.8 Å². The second-order valence-electron chi connectivity index (χ2n) is 5.38. The van der Waals surface area contributed by atoms with Gasteiger partial charge in [0.25, 0.3) is 5.91 Å². The summed E-state index contributed by atoms with van der Waals surface area (Å²) in [5, 5.41) is 6.35. The predicted octanol–water partition coefficient (Wildman–Crippen LogP) is 3.01. The van der Waals surface area contributed by atoms with E-state index >= 15 is 0 Å². The van der Waals surface area contributed by atoms with Gasteiger partial charge in [0.05, 0.1) is 13.0 Å². The number of esters is 1. The molecule has 0 spiro atoms. The second-order valence-corrected chi connectivity index (χ2v) is 6.16. The molecule has 0 saturated carbocycles. The Labute approximate surface area is 129 Å². The number of carbonyl (C=O) groups is 2. The molecule has 5 heteroatoms. The van der Waals surface area contributed by atoms with Crippen LogP contribution in [0.1, 0.15) is 36.5 Å². The number of amides is 1. The van der Waals surface area contributed by atoms with Crippen LogP contribution >= 0.6 is 11.3 Å². The maximum Gasteiger partial charge on any atom is 0.307 e. The Hall–Kier alpha value is -1.62. The van der Waals surface area contributed by atoms with E-state index in [2.05, 4.69) is 24.4 Å². The van der Waals surface area contributed by atoms with Crippen LogP contribution in [0.15, 0.2) is 29.0 Å². The van der Waals surface area contributed by atoms with Gasteiger partial charge in [0.1, 0.15) is 0 Å². The van der Waals surface area contributed by atoms with Crippen molar-refractivity contribution in [3.63, 3.8) is 0 Å². The van der Waals surface area contributed by atoms with E-state index in [4.69, 9.17) is 4.74 Å². The normalized spacial score (nSPS) is 21.0. The molecule has 4 nitrogen and oxygen atoms in total. The summed E-state index contributed by atoms with van der Waals surface area (Å²) in [6.07, 6.45) is 6.58. The first-order chi connectivity index (χ1) is 10.2. The van der Waals surface area contributed by atoms with Crippen LogP contribution in [-0.2, 0) is 9.53 Å². The largest absolute Gasteiger partial charge is 0.465 e. The fraction of sp³-hybridized carbons (Fsp3) is 0.500. The topological polar surface area (TPSA) is 55.4 Å². The van der Waals surface area contributed by atoms with E-state index in [-0.39, 0.29) is 18.3 Å². The van der Waals surface area contributed by atoms with E-state index in [0.29, 0.717) is 30.6 Å². The van der Waals surface area contributed by atoms with Crippen molar-refractivity contribution in [2.45, 2.75) is 26.2 Å². The van der Waals surface area contributed by atoms with Crippen LogP contribution < -0.4 is 5.32 Å². The summed E-state index contributed by atoms with van der Waals surface area (Å²) in [7, 11) is 0. The highest BCUT2D eigenvalue weighted by Crippen LogP contribution is 2.25. The summed E-state index contributed by atoms with van der Waals surface area (Å²) in [4.78, 5) is 23.3. The average Bonchev–Trinajstić information content (AvgIpc) is 3.00. The molecular weight excluding hydrogens is 286 g/mol. The van der Waals surface area contributed by atoms with Crippen molar-refractivity contribution in [3.05, 3.63) is 34.5 Å². The molecule has 1 aromatic heterocycles. The van der Waals surface area contributed by atoms with Gasteiger partial charge in [-0.25, -0.2) is 0 Å². The van der Waals surface area contributed by atoms with Gasteiger partial charge in [-0.3, -0.25) is 9.59 Å². The second kappa shape index (κ2) is 7.98. The molecule has 1 N–H and O–H groups in total. The molecule has 1 aromatic rings. The maximum atomic E-state index is 11.7. The van der Waals surface area contributed by atoms with Gasteiger partial charge >= 0.3 is 5.97 Å². The van der Waals surface area contributed by atoms with Gasteiger partial charge in [0.15, 0.2) is 0 Å². The number of nitrogens with one attached hydrogen (secondary N) is 1. The summed E-state index contributed by atoms with van der Waals surface area (Å²) >= 11 is 1.47. The Kier molecular flexibility index (Phi) is 5.99. The van der Waals surface area contributed by atoms with Gasteiger partial charge in [-0.2, -0.15) is 11.3 Å². The number of ether oxygens (including phenoxy) is 1. The lowest BCUT2D eigenvalue weighted by atomic mass is 9.85. The minimum absolute atomic E-state index is 0.143. The Balaban J connectivity index is 1.61. The lowest BCUT2D eigenvalue weighted by molar-refractivity contribution is -0.145. The Morgan fingerprint density at radius 2 is 2.19 bits per heavy atom. The van der Waals surface area contributed by atoms with Crippen LogP contribution in [0.4, 0.5) is 0 Å². The molecule has 1 amide bonds. The summed E-state index contributed by atoms with van der Waals surface area (Å²) in [6, 6.07) is 1.76. The molecule has 21 heavy (non-hydrogen) atoms. The molecule has 0 aromatic carbocycles. The summed E-state index contributed by atoms with van der Waals surface area (Å²) in [5.74, 6) is 0.581. The van der Waals surface area contributed by atoms with E-state index in [1.807, 2.05) is 5.38 Å². The zero-order valence-electron chi connectivity index (χ0n) is 12.2. The van der Waals surface area contributed by atoms with Gasteiger partial charge < -0.3 is 10.1 Å². The lowest BCUT2D eigenvalue weighted by Crippen LogP contribution is -2.27. The van der Waals surface area contributed by atoms with Gasteiger partial charge in [-0.1, -0.05) is 19.1 Å². The molecule has 0 fully saturated rings. The van der Waals surface area contributed by atoms with E-state index in [9.17, 15) is 9.59 Å². The minimum atomic E-state index is -0.248. The standard InChI is InChI=1S/C16H21NO3S/c1-12-4-2-3-5-13(12)10-20-15(18)6-8-17-16(19)14-7-9-21-11-14/h2-3,7,9,11-13H,4-6,8,10H2,1H3,(H,17,19). The molecule has 2 unspecified atom stereocenters. The van der Waals surface area contributed by atoms with Crippen LogP contribution in [0.25, 0.3) is 0 Å². The molecule has 1 aliphatic rings. The fourth-order valence-corrected chi connectivity index (χ4v) is 2.92. The Morgan fingerprint density at radius 3 is 2.90 bits per heavy atom. The summed E-state index contributed by atoms with van der Waals surface area (Å²) in [5.41, 5.74) is 0.635. The number of carbonyl (C=O) groups excluding carboxylic acids is 2. The third-order valence-electron chi connectivity index (χ3n) is 3.77. The van der Waals surface area contributed by atoms with Crippen molar-refractivity contribution in [2.75, 3.05) is 13.2 Å². The summed E-state index contributed by atoms with van der Waals surface area (Å²) in [6.45, 7) is 2.97. The van der Waals surface area contributed by atoms with E-state index in [1.165, 1.54) is 11.3 Å². The molecule has 1 heterocycles. The molecule has 1 aliphatic carbocycles. The SMILES string of the molecule is CC1CC=CCC1COC(=O)CCNC(=O)c1ccsc1. The maximum absolute atomic E-state index is 11.7. The third kappa shape index (κ3) is 5.01. The molecule has 114 valence electrons. The van der Waals surface area contributed by atoms with Crippen LogP contribution in [0.3, 0.4) is 0 Å². The van der Waals surface area contributed by atoms with Crippen LogP contribution in [0.5, 0.6) is 0 Å². The molecular formula is C16H21NO3S. The quantitative estimate of drug-likeness (QED) is 0.649. The van der Waals surface area contributed by atoms with Crippen LogP contribution in [0.2, 0.25) is 0 Å². The lowest BCUT2D eigenvalue weighted by Gasteiger charge is -2.24. The predicted molar refractivity (Wildman–Crippen MR) is 83.3 cm³/mol. The van der Waals surface area contributed by atoms with E-state index in [1.54, 1.807) is 11.4 Å². The molecule has 0 radical (unpaired) electrons. The van der Waals surface area contributed by atoms with Crippen molar-refractivity contribution in [3.8, 4) is 0 Å². The first kappa shape index (κ1) is 15.8. The molecule has 0 saturated heterocycles. The van der Waals surface area contributed by atoms with Crippen molar-refractivity contribution in [1.29, 1.82) is 0 Å². The van der Waals surface area contributed by atoms with Gasteiger partial charge in [0.2, 0.25) is 0 Å². The van der Waals surface area contributed by atoms with Gasteiger partial charge in [-0.15, -0.1) is 0 Å². The van der Waals surface area contributed by atoms with Gasteiger partial charge in [-0.05, 0) is 36.1 Å². The first-order valence-corrected chi connectivity index (χ1v) is 8.22. The zero-order chi connectivity index (χ0) is 15.1. The van der Waals surface area contributed by atoms with Crippen LogP contribution in [0, 0.1) is 11.8 Å². The smallest absolute Gasteiger partial charge is 0.307 e. The van der Waals surface area contributed by atoms with Gasteiger partial charge in [0, 0.05) is 17.5 Å². The molecule has 0 bridgehead atoms. The zero-order valence-corrected chi connectivity index (χ0v) is 13.0. The highest BCUT2D eigenvalue weighted by atomic mass is 32.1. The number of allylic oxidation sites excluding steroid dienone is 2. The minimum Gasteiger partial charge on any atom is -0.465 e. The molecule has 2 atom stereocenters. The Bertz CT molecular complexity index is 496. The van der Waals surface area contributed by atoms with Crippen LogP contribution in [-0.4, -0.2) is 25.0 Å². The van der Waals surface area contributed by atoms with Crippen molar-refractivity contribution < 1.29 is 14.3 Å². The van der Waals surface area contributed by atoms with Crippen molar-refractivity contribution in [1.82, 2.24) is 5.32 Å². The van der Waals surface area contributed by atoms with E-state index in [0.717, 1.165) is 12.8 Å². The first-order valence-electron chi connectivity index (χ1n) is 7.28. The summed E-state index contributed by atoms with van der Waals surface area (Å²) < 4.78 is 5.30.